The monoisotopic (exact) mass is 250 g/mol. The summed E-state index contributed by atoms with van der Waals surface area (Å²) in [7, 11) is 0. The first-order chi connectivity index (χ1) is 8.54. The first kappa shape index (κ1) is 11.2. The van der Waals surface area contributed by atoms with Gasteiger partial charge in [-0.25, -0.2) is 14.8 Å². The van der Waals surface area contributed by atoms with Crippen LogP contribution in [0.3, 0.4) is 0 Å². The third-order valence-electron chi connectivity index (χ3n) is 3.25. The molecule has 1 fully saturated rings. The second-order valence-electron chi connectivity index (χ2n) is 5.01. The third-order valence-corrected chi connectivity index (χ3v) is 3.25. The second-order valence-corrected chi connectivity index (χ2v) is 5.01. The summed E-state index contributed by atoms with van der Waals surface area (Å²) in [6.07, 6.45) is 2.67. The van der Waals surface area contributed by atoms with E-state index in [0.29, 0.717) is 19.0 Å². The summed E-state index contributed by atoms with van der Waals surface area (Å²) in [5, 5.41) is 13.2. The molecule has 1 aliphatic heterocycles. The van der Waals surface area contributed by atoms with Crippen LogP contribution in [0, 0.1) is 0 Å². The minimum Gasteiger partial charge on any atom is -0.448 e. The lowest BCUT2D eigenvalue weighted by molar-refractivity contribution is -0.125. The number of nitrogens with zero attached hydrogens (tertiary/aromatic N) is 3. The minimum absolute atomic E-state index is 0.129. The Morgan fingerprint density at radius 2 is 2.33 bits per heavy atom. The maximum Gasteiger partial charge on any atom is 0.525 e. The maximum absolute atomic E-state index is 10.5. The van der Waals surface area contributed by atoms with Gasteiger partial charge in [0.15, 0.2) is 0 Å². The van der Waals surface area contributed by atoms with Gasteiger partial charge in [0.1, 0.15) is 0 Å². The Bertz CT molecular complexity index is 501. The molecule has 0 unspecified atom stereocenters. The molecule has 1 aromatic heterocycles. The maximum atomic E-state index is 10.5. The second kappa shape index (κ2) is 3.81. The predicted octanol–water partition coefficient (Wildman–Crippen LogP) is 1.37. The molecule has 1 aromatic rings. The zero-order valence-electron chi connectivity index (χ0n) is 10.0. The predicted molar refractivity (Wildman–Crippen MR) is 61.7 cm³/mol. The molecule has 2 aliphatic rings. The summed E-state index contributed by atoms with van der Waals surface area (Å²) in [6, 6.07) is 0. The first-order valence-corrected chi connectivity index (χ1v) is 5.83. The van der Waals surface area contributed by atoms with E-state index in [1.165, 1.54) is 5.06 Å². The standard InChI is InChI=1S/C11H14N4O3/c1-11(2-3-11)14-9-12-4-7-5-15(18-10(16)17)6-8(7)13-9/h4H,2-3,5-6H2,1H3,(H,16,17)(H,12,13,14). The number of hydroxylamine groups is 2. The summed E-state index contributed by atoms with van der Waals surface area (Å²) >= 11 is 0. The van der Waals surface area contributed by atoms with Crippen LogP contribution in [0.1, 0.15) is 31.0 Å². The van der Waals surface area contributed by atoms with E-state index in [-0.39, 0.29) is 5.54 Å². The molecule has 0 amide bonds. The smallest absolute Gasteiger partial charge is 0.448 e. The highest BCUT2D eigenvalue weighted by molar-refractivity contribution is 5.56. The number of rotatable bonds is 3. The molecule has 2 N–H and O–H groups in total. The minimum atomic E-state index is -1.31. The molecule has 0 atom stereocenters. The van der Waals surface area contributed by atoms with Crippen molar-refractivity contribution in [1.82, 2.24) is 15.0 Å². The van der Waals surface area contributed by atoms with Gasteiger partial charge in [0.05, 0.1) is 18.8 Å². The fraction of sp³-hybridized carbons (Fsp3) is 0.545. The van der Waals surface area contributed by atoms with E-state index in [2.05, 4.69) is 27.0 Å². The fourth-order valence-corrected chi connectivity index (χ4v) is 1.94. The quantitative estimate of drug-likeness (QED) is 0.837. The van der Waals surface area contributed by atoms with Crippen molar-refractivity contribution in [2.24, 2.45) is 0 Å². The van der Waals surface area contributed by atoms with Crippen molar-refractivity contribution in [3.63, 3.8) is 0 Å². The average molecular weight is 250 g/mol. The van der Waals surface area contributed by atoms with E-state index in [0.717, 1.165) is 24.1 Å². The number of hydrogen-bond donors (Lipinski definition) is 2. The molecule has 0 aromatic carbocycles. The highest BCUT2D eigenvalue weighted by Crippen LogP contribution is 2.37. The Balaban J connectivity index is 1.72. The van der Waals surface area contributed by atoms with Crippen molar-refractivity contribution in [2.75, 3.05) is 5.32 Å². The van der Waals surface area contributed by atoms with Crippen LogP contribution >= 0.6 is 0 Å². The molecule has 3 rings (SSSR count). The molecule has 7 heteroatoms. The van der Waals surface area contributed by atoms with E-state index < -0.39 is 6.16 Å². The van der Waals surface area contributed by atoms with Gasteiger partial charge in [0, 0.05) is 17.3 Å². The summed E-state index contributed by atoms with van der Waals surface area (Å²) in [4.78, 5) is 23.7. The lowest BCUT2D eigenvalue weighted by Gasteiger charge is -2.11. The van der Waals surface area contributed by atoms with Gasteiger partial charge in [0.2, 0.25) is 5.95 Å². The Kier molecular flexibility index (Phi) is 2.37. The van der Waals surface area contributed by atoms with Crippen LogP contribution in [0.4, 0.5) is 10.7 Å². The zero-order valence-corrected chi connectivity index (χ0v) is 10.0. The van der Waals surface area contributed by atoms with Gasteiger partial charge in [-0.2, -0.15) is 0 Å². The molecule has 2 heterocycles. The molecule has 1 saturated carbocycles. The fourth-order valence-electron chi connectivity index (χ4n) is 1.94. The van der Waals surface area contributed by atoms with E-state index in [1.807, 2.05) is 0 Å². The molecule has 96 valence electrons. The van der Waals surface area contributed by atoms with Crippen molar-refractivity contribution < 1.29 is 14.7 Å². The first-order valence-electron chi connectivity index (χ1n) is 5.83. The Morgan fingerprint density at radius 3 is 3.00 bits per heavy atom. The largest absolute Gasteiger partial charge is 0.525 e. The highest BCUT2D eigenvalue weighted by Gasteiger charge is 2.38. The van der Waals surface area contributed by atoms with Gasteiger partial charge in [-0.15, -0.1) is 5.06 Å². The van der Waals surface area contributed by atoms with Crippen LogP contribution in [-0.2, 0) is 17.9 Å². The van der Waals surface area contributed by atoms with E-state index in [1.54, 1.807) is 6.20 Å². The number of anilines is 1. The van der Waals surface area contributed by atoms with Crippen LogP contribution in [0.25, 0.3) is 0 Å². The number of fused-ring (bicyclic) bond motifs is 1. The lowest BCUT2D eigenvalue weighted by atomic mass is 10.3. The van der Waals surface area contributed by atoms with Crippen molar-refractivity contribution in [3.8, 4) is 0 Å². The number of nitrogens with one attached hydrogen (secondary N) is 1. The van der Waals surface area contributed by atoms with Crippen LogP contribution in [0.2, 0.25) is 0 Å². The van der Waals surface area contributed by atoms with Crippen molar-refractivity contribution >= 4 is 12.1 Å². The van der Waals surface area contributed by atoms with Gasteiger partial charge in [-0.3, -0.25) is 0 Å². The molecule has 0 radical (unpaired) electrons. The number of carbonyl (C=O) groups is 1. The molecule has 18 heavy (non-hydrogen) atoms. The molecular formula is C11H14N4O3. The topological polar surface area (TPSA) is 87.6 Å². The molecule has 0 saturated heterocycles. The van der Waals surface area contributed by atoms with Gasteiger partial charge < -0.3 is 15.3 Å². The Hall–Kier alpha value is -1.89. The molecular weight excluding hydrogens is 236 g/mol. The van der Waals surface area contributed by atoms with Gasteiger partial charge in [-0.1, -0.05) is 0 Å². The summed E-state index contributed by atoms with van der Waals surface area (Å²) < 4.78 is 0. The van der Waals surface area contributed by atoms with Gasteiger partial charge >= 0.3 is 6.16 Å². The van der Waals surface area contributed by atoms with Crippen LogP contribution in [0.5, 0.6) is 0 Å². The van der Waals surface area contributed by atoms with E-state index >= 15 is 0 Å². The molecule has 0 spiro atoms. The Morgan fingerprint density at radius 1 is 1.56 bits per heavy atom. The van der Waals surface area contributed by atoms with Gasteiger partial charge in [0.25, 0.3) is 0 Å². The molecule has 0 bridgehead atoms. The normalized spacial score (nSPS) is 20.3. The average Bonchev–Trinajstić information content (AvgIpc) is 2.87. The summed E-state index contributed by atoms with van der Waals surface area (Å²) in [6.45, 7) is 2.90. The van der Waals surface area contributed by atoms with Crippen LogP contribution in [0.15, 0.2) is 6.20 Å². The number of aromatic nitrogens is 2. The number of hydrogen-bond acceptors (Lipinski definition) is 6. The van der Waals surface area contributed by atoms with Crippen LogP contribution < -0.4 is 5.32 Å². The van der Waals surface area contributed by atoms with Crippen molar-refractivity contribution in [2.45, 2.75) is 38.4 Å². The molecule has 7 nitrogen and oxygen atoms in total. The van der Waals surface area contributed by atoms with E-state index in [4.69, 9.17) is 5.11 Å². The number of carboxylic acid groups (broad SMARTS) is 1. The molecule has 1 aliphatic carbocycles. The van der Waals surface area contributed by atoms with E-state index in [9.17, 15) is 4.79 Å². The van der Waals surface area contributed by atoms with Crippen molar-refractivity contribution in [3.05, 3.63) is 17.5 Å². The Labute approximate surface area is 104 Å². The zero-order chi connectivity index (χ0) is 12.8. The van der Waals surface area contributed by atoms with Crippen molar-refractivity contribution in [1.29, 1.82) is 0 Å². The lowest BCUT2D eigenvalue weighted by Crippen LogP contribution is -2.20. The SMILES string of the molecule is CC1(Nc2ncc3c(n2)CN(OC(=O)O)C3)CC1. The summed E-state index contributed by atoms with van der Waals surface area (Å²) in [5.74, 6) is 0.603. The van der Waals surface area contributed by atoms with Gasteiger partial charge in [-0.05, 0) is 19.8 Å². The third kappa shape index (κ3) is 2.21. The van der Waals surface area contributed by atoms with Crippen LogP contribution in [-0.4, -0.2) is 31.8 Å². The summed E-state index contributed by atoms with van der Waals surface area (Å²) in [5.41, 5.74) is 1.85. The highest BCUT2D eigenvalue weighted by atomic mass is 16.8.